The summed E-state index contributed by atoms with van der Waals surface area (Å²) in [4.78, 5) is 12.1. The number of amides is 1. The number of nitrogens with one attached hydrogen (secondary N) is 1. The van der Waals surface area contributed by atoms with Gasteiger partial charge in [0.15, 0.2) is 0 Å². The molecule has 23 heavy (non-hydrogen) atoms. The van der Waals surface area contributed by atoms with Gasteiger partial charge in [0.25, 0.3) is 5.91 Å². The minimum Gasteiger partial charge on any atom is -0.507 e. The Bertz CT molecular complexity index is 714. The first-order chi connectivity index (χ1) is 11.1. The fourth-order valence-corrected chi connectivity index (χ4v) is 2.98. The number of nitrogens with zero attached hydrogens (tertiary/aromatic N) is 3. The van der Waals surface area contributed by atoms with E-state index in [4.69, 9.17) is 11.6 Å². The van der Waals surface area contributed by atoms with Gasteiger partial charge in [-0.15, -0.1) is 10.2 Å². The summed E-state index contributed by atoms with van der Waals surface area (Å²) in [6, 6.07) is 4.41. The molecular weight excluding hydrogens is 316 g/mol. The summed E-state index contributed by atoms with van der Waals surface area (Å²) in [5.74, 6) is 1.51. The van der Waals surface area contributed by atoms with E-state index in [0.717, 1.165) is 37.5 Å². The molecule has 1 aliphatic heterocycles. The monoisotopic (exact) mass is 334 g/mol. The van der Waals surface area contributed by atoms with Crippen molar-refractivity contribution in [1.82, 2.24) is 20.1 Å². The van der Waals surface area contributed by atoms with Crippen molar-refractivity contribution in [1.29, 1.82) is 0 Å². The van der Waals surface area contributed by atoms with Crippen molar-refractivity contribution in [2.24, 2.45) is 0 Å². The van der Waals surface area contributed by atoms with Crippen molar-refractivity contribution in [3.8, 4) is 5.75 Å². The first-order valence-corrected chi connectivity index (χ1v) is 8.20. The molecular formula is C16H19ClN4O2. The van der Waals surface area contributed by atoms with Gasteiger partial charge >= 0.3 is 0 Å². The number of aryl methyl sites for hydroxylation is 1. The Labute approximate surface area is 139 Å². The predicted molar refractivity (Wildman–Crippen MR) is 86.7 cm³/mol. The van der Waals surface area contributed by atoms with Gasteiger partial charge in [-0.2, -0.15) is 0 Å². The molecule has 0 aliphatic carbocycles. The van der Waals surface area contributed by atoms with E-state index in [-0.39, 0.29) is 17.2 Å². The third kappa shape index (κ3) is 3.64. The summed E-state index contributed by atoms with van der Waals surface area (Å²) in [6.07, 6.45) is 5.09. The van der Waals surface area contributed by atoms with Crippen LogP contribution in [0.2, 0.25) is 5.02 Å². The van der Waals surface area contributed by atoms with Crippen LogP contribution in [0.1, 0.15) is 41.3 Å². The second-order valence-corrected chi connectivity index (χ2v) is 6.10. The van der Waals surface area contributed by atoms with Crippen LogP contribution in [0.15, 0.2) is 18.2 Å². The molecule has 0 fully saturated rings. The SMILES string of the molecule is O=C(NCCc1nnc2n1CCCCC2)c1cc(Cl)ccc1O. The molecule has 6 nitrogen and oxygen atoms in total. The number of benzene rings is 1. The number of carbonyl (C=O) groups is 1. The van der Waals surface area contributed by atoms with Gasteiger partial charge in [-0.3, -0.25) is 4.79 Å². The van der Waals surface area contributed by atoms with E-state index in [1.54, 1.807) is 6.07 Å². The molecule has 0 unspecified atom stereocenters. The summed E-state index contributed by atoms with van der Waals surface area (Å²) in [7, 11) is 0. The molecule has 0 saturated heterocycles. The summed E-state index contributed by atoms with van der Waals surface area (Å²) in [5.41, 5.74) is 0.178. The Balaban J connectivity index is 1.60. The Morgan fingerprint density at radius 3 is 3.04 bits per heavy atom. The van der Waals surface area contributed by atoms with Crippen molar-refractivity contribution in [2.45, 2.75) is 38.6 Å². The van der Waals surface area contributed by atoms with Crippen molar-refractivity contribution in [2.75, 3.05) is 6.54 Å². The van der Waals surface area contributed by atoms with Gasteiger partial charge in [-0.25, -0.2) is 0 Å². The van der Waals surface area contributed by atoms with E-state index in [9.17, 15) is 9.90 Å². The number of halogens is 1. The van der Waals surface area contributed by atoms with Crippen LogP contribution < -0.4 is 5.32 Å². The van der Waals surface area contributed by atoms with Crippen LogP contribution in [-0.4, -0.2) is 32.3 Å². The van der Waals surface area contributed by atoms with Gasteiger partial charge in [0, 0.05) is 31.0 Å². The van der Waals surface area contributed by atoms with Gasteiger partial charge in [0.2, 0.25) is 0 Å². The third-order valence-electron chi connectivity index (χ3n) is 4.02. The van der Waals surface area contributed by atoms with Crippen molar-refractivity contribution >= 4 is 17.5 Å². The van der Waals surface area contributed by atoms with Crippen LogP contribution in [0, 0.1) is 0 Å². The third-order valence-corrected chi connectivity index (χ3v) is 4.26. The largest absolute Gasteiger partial charge is 0.507 e. The van der Waals surface area contributed by atoms with E-state index < -0.39 is 0 Å². The summed E-state index contributed by atoms with van der Waals surface area (Å²) in [5, 5.41) is 21.4. The Hall–Kier alpha value is -2.08. The maximum atomic E-state index is 12.1. The van der Waals surface area contributed by atoms with Gasteiger partial charge < -0.3 is 15.0 Å². The lowest BCUT2D eigenvalue weighted by Crippen LogP contribution is -2.26. The predicted octanol–water partition coefficient (Wildman–Crippen LogP) is 2.34. The van der Waals surface area contributed by atoms with E-state index >= 15 is 0 Å². The number of carbonyl (C=O) groups excluding carboxylic acids is 1. The van der Waals surface area contributed by atoms with Crippen LogP contribution in [0.25, 0.3) is 0 Å². The molecule has 2 aromatic rings. The Kier molecular flexibility index (Phi) is 4.81. The van der Waals surface area contributed by atoms with E-state index in [0.29, 0.717) is 18.0 Å². The van der Waals surface area contributed by atoms with Gasteiger partial charge in [0.1, 0.15) is 17.4 Å². The second-order valence-electron chi connectivity index (χ2n) is 5.66. The molecule has 1 aromatic heterocycles. The van der Waals surface area contributed by atoms with Crippen molar-refractivity contribution in [3.05, 3.63) is 40.4 Å². The summed E-state index contributed by atoms with van der Waals surface area (Å²) in [6.45, 7) is 1.38. The number of aromatic nitrogens is 3. The molecule has 0 bridgehead atoms. The number of phenolic OH excluding ortho intramolecular Hbond substituents is 1. The normalized spacial score (nSPS) is 14.1. The van der Waals surface area contributed by atoms with E-state index in [1.165, 1.54) is 18.6 Å². The molecule has 0 saturated carbocycles. The highest BCUT2D eigenvalue weighted by Gasteiger charge is 2.15. The summed E-state index contributed by atoms with van der Waals surface area (Å²) >= 11 is 5.86. The number of hydrogen-bond acceptors (Lipinski definition) is 4. The molecule has 7 heteroatoms. The molecule has 1 aromatic carbocycles. The molecule has 1 aliphatic rings. The van der Waals surface area contributed by atoms with Crippen LogP contribution in [-0.2, 0) is 19.4 Å². The Morgan fingerprint density at radius 1 is 1.30 bits per heavy atom. The van der Waals surface area contributed by atoms with Gasteiger partial charge in [0.05, 0.1) is 5.56 Å². The highest BCUT2D eigenvalue weighted by atomic mass is 35.5. The van der Waals surface area contributed by atoms with E-state index in [2.05, 4.69) is 20.1 Å². The van der Waals surface area contributed by atoms with Crippen LogP contribution in [0.3, 0.4) is 0 Å². The quantitative estimate of drug-likeness (QED) is 0.899. The maximum absolute atomic E-state index is 12.1. The lowest BCUT2D eigenvalue weighted by atomic mass is 10.2. The topological polar surface area (TPSA) is 80.0 Å². The molecule has 0 spiro atoms. The smallest absolute Gasteiger partial charge is 0.255 e. The zero-order valence-corrected chi connectivity index (χ0v) is 13.5. The molecule has 2 N–H and O–H groups in total. The van der Waals surface area contributed by atoms with E-state index in [1.807, 2.05) is 0 Å². The first kappa shape index (κ1) is 15.8. The average Bonchev–Trinajstić information content (AvgIpc) is 2.77. The van der Waals surface area contributed by atoms with Crippen LogP contribution >= 0.6 is 11.6 Å². The van der Waals surface area contributed by atoms with Gasteiger partial charge in [-0.05, 0) is 31.0 Å². The van der Waals surface area contributed by atoms with Crippen LogP contribution in [0.4, 0.5) is 0 Å². The number of rotatable bonds is 4. The Morgan fingerprint density at radius 2 is 2.17 bits per heavy atom. The fraction of sp³-hybridized carbons (Fsp3) is 0.438. The maximum Gasteiger partial charge on any atom is 0.255 e. The number of aromatic hydroxyl groups is 1. The number of phenols is 1. The van der Waals surface area contributed by atoms with Crippen molar-refractivity contribution < 1.29 is 9.90 Å². The highest BCUT2D eigenvalue weighted by molar-refractivity contribution is 6.31. The lowest BCUT2D eigenvalue weighted by molar-refractivity contribution is 0.0951. The molecule has 0 radical (unpaired) electrons. The minimum atomic E-state index is -0.347. The molecule has 0 atom stereocenters. The molecule has 3 rings (SSSR count). The standard InChI is InChI=1S/C16H19ClN4O2/c17-11-5-6-13(22)12(10-11)16(23)18-8-7-15-20-19-14-4-2-1-3-9-21(14)15/h5-6,10,22H,1-4,7-9H2,(H,18,23). The number of hydrogen-bond donors (Lipinski definition) is 2. The molecule has 122 valence electrons. The second kappa shape index (κ2) is 7.00. The minimum absolute atomic E-state index is 0.0803. The number of fused-ring (bicyclic) bond motifs is 1. The van der Waals surface area contributed by atoms with Crippen molar-refractivity contribution in [3.63, 3.8) is 0 Å². The van der Waals surface area contributed by atoms with Crippen LogP contribution in [0.5, 0.6) is 5.75 Å². The fourth-order valence-electron chi connectivity index (χ4n) is 2.80. The average molecular weight is 335 g/mol. The molecule has 1 amide bonds. The zero-order valence-electron chi connectivity index (χ0n) is 12.8. The zero-order chi connectivity index (χ0) is 16.2. The first-order valence-electron chi connectivity index (χ1n) is 7.83. The van der Waals surface area contributed by atoms with Gasteiger partial charge in [-0.1, -0.05) is 18.0 Å². The lowest BCUT2D eigenvalue weighted by Gasteiger charge is -2.09. The summed E-state index contributed by atoms with van der Waals surface area (Å²) < 4.78 is 2.16. The highest BCUT2D eigenvalue weighted by Crippen LogP contribution is 2.21. The molecule has 2 heterocycles.